The summed E-state index contributed by atoms with van der Waals surface area (Å²) >= 11 is 1.48. The van der Waals surface area contributed by atoms with E-state index in [9.17, 15) is 0 Å². The van der Waals surface area contributed by atoms with E-state index >= 15 is 0 Å². The minimum absolute atomic E-state index is 0.631. The van der Waals surface area contributed by atoms with E-state index in [2.05, 4.69) is 16.4 Å². The molecule has 1 aromatic rings. The molecule has 1 heterocycles. The van der Waals surface area contributed by atoms with Crippen LogP contribution < -0.4 is 5.32 Å². The fourth-order valence-corrected chi connectivity index (χ4v) is 1.44. The van der Waals surface area contributed by atoms with E-state index in [0.717, 1.165) is 5.01 Å². The minimum Gasteiger partial charge on any atom is -0.297 e. The third-order valence-electron chi connectivity index (χ3n) is 1.58. The van der Waals surface area contributed by atoms with Crippen LogP contribution in [0.15, 0.2) is 11.6 Å². The molecule has 1 atom stereocenters. The summed E-state index contributed by atoms with van der Waals surface area (Å²) in [5, 5.41) is 14.4. The van der Waals surface area contributed by atoms with Crippen LogP contribution in [0.2, 0.25) is 0 Å². The Morgan fingerprint density at radius 3 is 2.91 bits per heavy atom. The fraction of sp³-hybridized carbons (Fsp3) is 0.429. The first kappa shape index (κ1) is 8.18. The molecule has 1 rings (SSSR count). The van der Waals surface area contributed by atoms with Gasteiger partial charge in [0.05, 0.1) is 6.07 Å². The quantitative estimate of drug-likeness (QED) is 0.717. The first-order valence-electron chi connectivity index (χ1n) is 3.23. The van der Waals surface area contributed by atoms with Gasteiger partial charge < -0.3 is 0 Å². The topological polar surface area (TPSA) is 48.7 Å². The number of hydrogen-bond acceptors (Lipinski definition) is 4. The Morgan fingerprint density at radius 1 is 1.82 bits per heavy atom. The number of hydrogen-bond donors (Lipinski definition) is 1. The zero-order valence-electron chi connectivity index (χ0n) is 6.46. The summed E-state index contributed by atoms with van der Waals surface area (Å²) in [7, 11) is 1.75. The van der Waals surface area contributed by atoms with Crippen molar-refractivity contribution in [2.45, 2.75) is 12.5 Å². The lowest BCUT2D eigenvalue weighted by Crippen LogP contribution is -2.34. The molecule has 0 aliphatic rings. The first-order valence-corrected chi connectivity index (χ1v) is 4.11. The molecule has 0 saturated heterocycles. The molecule has 0 bridgehead atoms. The normalized spacial score (nSPS) is 15.4. The lowest BCUT2D eigenvalue weighted by atomic mass is 10.1. The third-order valence-corrected chi connectivity index (χ3v) is 2.58. The Balaban J connectivity index is 2.99. The summed E-state index contributed by atoms with van der Waals surface area (Å²) in [6.45, 7) is 1.81. The van der Waals surface area contributed by atoms with E-state index in [4.69, 9.17) is 5.26 Å². The van der Waals surface area contributed by atoms with Crippen LogP contribution in [0.5, 0.6) is 0 Å². The van der Waals surface area contributed by atoms with E-state index in [-0.39, 0.29) is 0 Å². The van der Waals surface area contributed by atoms with Crippen LogP contribution >= 0.6 is 11.3 Å². The van der Waals surface area contributed by atoms with Crippen LogP contribution in [0.4, 0.5) is 0 Å². The van der Waals surface area contributed by atoms with Gasteiger partial charge >= 0.3 is 0 Å². The second kappa shape index (κ2) is 2.99. The molecule has 0 aromatic carbocycles. The third kappa shape index (κ3) is 1.39. The van der Waals surface area contributed by atoms with Gasteiger partial charge in [0.25, 0.3) is 0 Å². The molecule has 0 aliphatic carbocycles. The van der Waals surface area contributed by atoms with E-state index in [1.165, 1.54) is 11.3 Å². The highest BCUT2D eigenvalue weighted by Gasteiger charge is 2.26. The van der Waals surface area contributed by atoms with Gasteiger partial charge in [0.15, 0.2) is 5.54 Å². The highest BCUT2D eigenvalue weighted by molar-refractivity contribution is 7.09. The van der Waals surface area contributed by atoms with Crippen molar-refractivity contribution >= 4 is 11.3 Å². The Bertz CT molecular complexity index is 262. The van der Waals surface area contributed by atoms with Crippen molar-refractivity contribution in [1.29, 1.82) is 5.26 Å². The SMILES string of the molecule is CNC(C)(C#N)c1nccs1. The molecule has 1 unspecified atom stereocenters. The number of nitrogens with zero attached hydrogens (tertiary/aromatic N) is 2. The zero-order valence-corrected chi connectivity index (χ0v) is 7.27. The van der Waals surface area contributed by atoms with Crippen molar-refractivity contribution in [1.82, 2.24) is 10.3 Å². The van der Waals surface area contributed by atoms with Gasteiger partial charge in [0, 0.05) is 11.6 Å². The monoisotopic (exact) mass is 167 g/mol. The molecule has 1 N–H and O–H groups in total. The van der Waals surface area contributed by atoms with E-state index in [0.29, 0.717) is 0 Å². The van der Waals surface area contributed by atoms with Crippen LogP contribution in [0, 0.1) is 11.3 Å². The molecule has 3 nitrogen and oxygen atoms in total. The van der Waals surface area contributed by atoms with E-state index in [1.54, 1.807) is 13.2 Å². The number of thiazole rings is 1. The maximum atomic E-state index is 8.81. The van der Waals surface area contributed by atoms with Gasteiger partial charge in [-0.1, -0.05) is 0 Å². The Kier molecular flexibility index (Phi) is 2.22. The standard InChI is InChI=1S/C7H9N3S/c1-7(5-8,9-2)6-10-3-4-11-6/h3-4,9H,1-2H3. The van der Waals surface area contributed by atoms with E-state index < -0.39 is 5.54 Å². The summed E-state index contributed by atoms with van der Waals surface area (Å²) in [5.74, 6) is 0. The van der Waals surface area contributed by atoms with Crippen LogP contribution in [0.3, 0.4) is 0 Å². The molecule has 0 fully saturated rings. The predicted molar refractivity (Wildman–Crippen MR) is 44.1 cm³/mol. The maximum absolute atomic E-state index is 8.81. The molecular weight excluding hydrogens is 158 g/mol. The van der Waals surface area contributed by atoms with Crippen LogP contribution in [-0.4, -0.2) is 12.0 Å². The van der Waals surface area contributed by atoms with Gasteiger partial charge in [-0.3, -0.25) is 5.32 Å². The molecular formula is C7H9N3S. The summed E-state index contributed by atoms with van der Waals surface area (Å²) in [6, 6.07) is 2.17. The number of nitriles is 1. The number of nitrogens with one attached hydrogen (secondary N) is 1. The van der Waals surface area contributed by atoms with Crippen molar-refractivity contribution in [2.75, 3.05) is 7.05 Å². The average Bonchev–Trinajstić information content (AvgIpc) is 2.55. The average molecular weight is 167 g/mol. The predicted octanol–water partition coefficient (Wildman–Crippen LogP) is 1.10. The van der Waals surface area contributed by atoms with Gasteiger partial charge in [-0.05, 0) is 14.0 Å². The Hall–Kier alpha value is -0.920. The number of aromatic nitrogens is 1. The Morgan fingerprint density at radius 2 is 2.55 bits per heavy atom. The van der Waals surface area contributed by atoms with Gasteiger partial charge in [0.1, 0.15) is 5.01 Å². The van der Waals surface area contributed by atoms with Crippen LogP contribution in [0.1, 0.15) is 11.9 Å². The lowest BCUT2D eigenvalue weighted by molar-refractivity contribution is 0.515. The lowest BCUT2D eigenvalue weighted by Gasteiger charge is -2.16. The van der Waals surface area contributed by atoms with Gasteiger partial charge in [-0.25, -0.2) is 4.98 Å². The summed E-state index contributed by atoms with van der Waals surface area (Å²) < 4.78 is 0. The summed E-state index contributed by atoms with van der Waals surface area (Å²) in [6.07, 6.45) is 1.70. The first-order chi connectivity index (χ1) is 5.23. The summed E-state index contributed by atoms with van der Waals surface area (Å²) in [5.41, 5.74) is -0.631. The maximum Gasteiger partial charge on any atom is 0.155 e. The number of rotatable bonds is 2. The van der Waals surface area contributed by atoms with Crippen LogP contribution in [-0.2, 0) is 5.54 Å². The molecule has 1 aromatic heterocycles. The van der Waals surface area contributed by atoms with Crippen molar-refractivity contribution in [3.8, 4) is 6.07 Å². The van der Waals surface area contributed by atoms with Crippen molar-refractivity contribution in [3.05, 3.63) is 16.6 Å². The molecule has 0 spiro atoms. The molecule has 11 heavy (non-hydrogen) atoms. The molecule has 4 heteroatoms. The molecule has 0 amide bonds. The molecule has 0 saturated carbocycles. The van der Waals surface area contributed by atoms with Gasteiger partial charge in [-0.15, -0.1) is 11.3 Å². The second-order valence-corrected chi connectivity index (χ2v) is 3.22. The highest BCUT2D eigenvalue weighted by atomic mass is 32.1. The zero-order chi connectivity index (χ0) is 8.32. The Labute approximate surface area is 69.7 Å². The highest BCUT2D eigenvalue weighted by Crippen LogP contribution is 2.20. The smallest absolute Gasteiger partial charge is 0.155 e. The van der Waals surface area contributed by atoms with Gasteiger partial charge in [-0.2, -0.15) is 5.26 Å². The van der Waals surface area contributed by atoms with E-state index in [1.807, 2.05) is 12.3 Å². The fourth-order valence-electron chi connectivity index (χ4n) is 0.681. The van der Waals surface area contributed by atoms with Gasteiger partial charge in [0.2, 0.25) is 0 Å². The van der Waals surface area contributed by atoms with Crippen molar-refractivity contribution in [3.63, 3.8) is 0 Å². The van der Waals surface area contributed by atoms with Crippen molar-refractivity contribution < 1.29 is 0 Å². The second-order valence-electron chi connectivity index (χ2n) is 2.32. The van der Waals surface area contributed by atoms with Crippen LogP contribution in [0.25, 0.3) is 0 Å². The minimum atomic E-state index is -0.631. The van der Waals surface area contributed by atoms with Crippen molar-refractivity contribution in [2.24, 2.45) is 0 Å². The largest absolute Gasteiger partial charge is 0.297 e. The molecule has 0 radical (unpaired) electrons. The summed E-state index contributed by atoms with van der Waals surface area (Å²) in [4.78, 5) is 4.06. The molecule has 58 valence electrons. The molecule has 0 aliphatic heterocycles.